The molecule has 0 unspecified atom stereocenters. The fourth-order valence-electron chi connectivity index (χ4n) is 3.09. The molecule has 1 fully saturated rings. The van der Waals surface area contributed by atoms with E-state index >= 15 is 0 Å². The highest BCUT2D eigenvalue weighted by molar-refractivity contribution is 7.86. The summed E-state index contributed by atoms with van der Waals surface area (Å²) < 4.78 is 35.8. The molecule has 1 aliphatic rings. The number of hydrogen-bond acceptors (Lipinski definition) is 5. The molecule has 0 bridgehead atoms. The smallest absolute Gasteiger partial charge is 0.407 e. The Morgan fingerprint density at radius 1 is 1.12 bits per heavy atom. The van der Waals surface area contributed by atoms with Gasteiger partial charge in [0, 0.05) is 6.04 Å². The molecule has 1 amide bonds. The summed E-state index contributed by atoms with van der Waals surface area (Å²) in [6.45, 7) is 9.13. The Labute approximate surface area is 156 Å². The molecule has 0 atom stereocenters. The van der Waals surface area contributed by atoms with Crippen molar-refractivity contribution in [3.63, 3.8) is 0 Å². The first-order valence-electron chi connectivity index (χ1n) is 8.96. The zero-order chi connectivity index (χ0) is 19.5. The van der Waals surface area contributed by atoms with Crippen molar-refractivity contribution >= 4 is 16.2 Å². The van der Waals surface area contributed by atoms with Crippen LogP contribution in [-0.4, -0.2) is 32.3 Å². The first-order chi connectivity index (χ1) is 12.0. The zero-order valence-corrected chi connectivity index (χ0v) is 17.0. The van der Waals surface area contributed by atoms with Gasteiger partial charge >= 0.3 is 6.09 Å². The van der Waals surface area contributed by atoms with E-state index in [1.165, 1.54) is 0 Å². The van der Waals surface area contributed by atoms with E-state index in [1.807, 2.05) is 33.8 Å². The van der Waals surface area contributed by atoms with Gasteiger partial charge in [0.15, 0.2) is 0 Å². The fraction of sp³-hybridized carbons (Fsp3) is 0.632. The van der Waals surface area contributed by atoms with Crippen molar-refractivity contribution in [3.05, 3.63) is 29.3 Å². The number of nitrogens with one attached hydrogen (secondary N) is 1. The summed E-state index contributed by atoms with van der Waals surface area (Å²) in [5.74, 6) is 0. The average Bonchev–Trinajstić information content (AvgIpc) is 2.46. The Bertz CT molecular complexity index is 744. The molecule has 0 spiro atoms. The van der Waals surface area contributed by atoms with Crippen molar-refractivity contribution in [2.45, 2.75) is 82.9 Å². The Morgan fingerprint density at radius 3 is 2.27 bits per heavy atom. The van der Waals surface area contributed by atoms with Gasteiger partial charge in [-0.2, -0.15) is 8.42 Å². The zero-order valence-electron chi connectivity index (χ0n) is 16.2. The molecule has 1 aromatic carbocycles. The number of benzene rings is 1. The van der Waals surface area contributed by atoms with Crippen LogP contribution in [0.2, 0.25) is 0 Å². The molecular weight excluding hydrogens is 354 g/mol. The van der Waals surface area contributed by atoms with Crippen molar-refractivity contribution in [2.75, 3.05) is 0 Å². The van der Waals surface area contributed by atoms with Crippen LogP contribution in [0.1, 0.15) is 57.6 Å². The minimum Gasteiger partial charge on any atom is -0.444 e. The van der Waals surface area contributed by atoms with E-state index in [9.17, 15) is 13.2 Å². The summed E-state index contributed by atoms with van der Waals surface area (Å²) in [6.07, 6.45) is 1.66. The minimum absolute atomic E-state index is 0.0199. The van der Waals surface area contributed by atoms with Gasteiger partial charge in [-0.15, -0.1) is 0 Å². The van der Waals surface area contributed by atoms with Gasteiger partial charge in [-0.1, -0.05) is 17.7 Å². The number of rotatable bonds is 4. The van der Waals surface area contributed by atoms with Gasteiger partial charge in [-0.25, -0.2) is 4.79 Å². The van der Waals surface area contributed by atoms with Crippen LogP contribution in [-0.2, 0) is 19.0 Å². The molecule has 0 aliphatic heterocycles. The first kappa shape index (κ1) is 20.7. The normalized spacial score (nSPS) is 21.3. The molecule has 1 N–H and O–H groups in total. The second-order valence-electron chi connectivity index (χ2n) is 7.94. The van der Waals surface area contributed by atoms with Gasteiger partial charge in [-0.05, 0) is 71.9 Å². The Kier molecular flexibility index (Phi) is 6.34. The molecule has 0 aromatic heterocycles. The van der Waals surface area contributed by atoms with Gasteiger partial charge < -0.3 is 10.1 Å². The third kappa shape index (κ3) is 5.99. The van der Waals surface area contributed by atoms with E-state index < -0.39 is 21.8 Å². The molecule has 26 heavy (non-hydrogen) atoms. The summed E-state index contributed by atoms with van der Waals surface area (Å²) in [5, 5.41) is 2.84. The highest BCUT2D eigenvalue weighted by Gasteiger charge is 2.29. The van der Waals surface area contributed by atoms with Crippen LogP contribution in [0.25, 0.3) is 0 Å². The van der Waals surface area contributed by atoms with Crippen LogP contribution in [0.15, 0.2) is 23.1 Å². The van der Waals surface area contributed by atoms with E-state index in [0.717, 1.165) is 5.56 Å². The molecule has 6 nitrogen and oxygen atoms in total. The number of carbonyl (C=O) groups excluding carboxylic acids is 1. The number of alkyl carbamates (subject to hydrolysis) is 1. The summed E-state index contributed by atoms with van der Waals surface area (Å²) >= 11 is 0. The molecule has 0 saturated heterocycles. The lowest BCUT2D eigenvalue weighted by Gasteiger charge is -2.29. The fourth-order valence-corrected chi connectivity index (χ4v) is 4.43. The second kappa shape index (κ2) is 7.96. The summed E-state index contributed by atoms with van der Waals surface area (Å²) in [7, 11) is -3.78. The minimum atomic E-state index is -3.78. The summed E-state index contributed by atoms with van der Waals surface area (Å²) in [6, 6.07) is 5.17. The molecule has 1 saturated carbocycles. The van der Waals surface area contributed by atoms with E-state index in [2.05, 4.69) is 5.32 Å². The average molecular weight is 384 g/mol. The van der Waals surface area contributed by atoms with Gasteiger partial charge in [0.1, 0.15) is 5.60 Å². The molecule has 0 radical (unpaired) electrons. The maximum atomic E-state index is 12.5. The third-order valence-corrected chi connectivity index (χ3v) is 5.78. The number of aryl methyl sites for hydroxylation is 2. The van der Waals surface area contributed by atoms with Gasteiger partial charge in [-0.3, -0.25) is 4.18 Å². The molecular formula is C19H29NO5S. The Morgan fingerprint density at radius 2 is 1.73 bits per heavy atom. The van der Waals surface area contributed by atoms with Crippen LogP contribution >= 0.6 is 0 Å². The van der Waals surface area contributed by atoms with Crippen LogP contribution < -0.4 is 5.32 Å². The molecule has 2 rings (SSSR count). The lowest BCUT2D eigenvalue weighted by Crippen LogP contribution is -2.42. The van der Waals surface area contributed by atoms with Crippen LogP contribution in [0.3, 0.4) is 0 Å². The number of carbonyl (C=O) groups is 1. The SMILES string of the molecule is Cc1ccc(S(=O)(=O)OC2CCC(NC(=O)OC(C)(C)C)CC2)c(C)c1. The number of amides is 1. The van der Waals surface area contributed by atoms with Crippen LogP contribution in [0, 0.1) is 13.8 Å². The third-order valence-electron chi connectivity index (χ3n) is 4.26. The predicted molar refractivity (Wildman–Crippen MR) is 99.6 cm³/mol. The first-order valence-corrected chi connectivity index (χ1v) is 10.4. The lowest BCUT2D eigenvalue weighted by atomic mass is 9.93. The van der Waals surface area contributed by atoms with Gasteiger partial charge in [0.25, 0.3) is 10.1 Å². The highest BCUT2D eigenvalue weighted by atomic mass is 32.2. The van der Waals surface area contributed by atoms with Crippen molar-refractivity contribution < 1.29 is 22.1 Å². The van der Waals surface area contributed by atoms with Crippen molar-refractivity contribution in [3.8, 4) is 0 Å². The van der Waals surface area contributed by atoms with Crippen LogP contribution in [0.4, 0.5) is 4.79 Å². The van der Waals surface area contributed by atoms with E-state index in [0.29, 0.717) is 31.2 Å². The quantitative estimate of drug-likeness (QED) is 0.799. The highest BCUT2D eigenvalue weighted by Crippen LogP contribution is 2.27. The number of hydrogen-bond donors (Lipinski definition) is 1. The molecule has 1 aromatic rings. The van der Waals surface area contributed by atoms with Gasteiger partial charge in [0.05, 0.1) is 11.0 Å². The monoisotopic (exact) mass is 383 g/mol. The van der Waals surface area contributed by atoms with Crippen molar-refractivity contribution in [1.29, 1.82) is 0 Å². The second-order valence-corrected chi connectivity index (χ2v) is 9.48. The Hall–Kier alpha value is -1.60. The van der Waals surface area contributed by atoms with Crippen LogP contribution in [0.5, 0.6) is 0 Å². The standard InChI is InChI=1S/C19H29NO5S/c1-13-6-11-17(14(2)12-13)26(22,23)25-16-9-7-15(8-10-16)20-18(21)24-19(3,4)5/h6,11-12,15-16H,7-10H2,1-5H3,(H,20,21). The topological polar surface area (TPSA) is 81.7 Å². The van der Waals surface area contributed by atoms with E-state index in [4.69, 9.17) is 8.92 Å². The predicted octanol–water partition coefficient (Wildman–Crippen LogP) is 3.84. The summed E-state index contributed by atoms with van der Waals surface area (Å²) in [5.41, 5.74) is 1.16. The molecule has 7 heteroatoms. The maximum Gasteiger partial charge on any atom is 0.407 e. The van der Waals surface area contributed by atoms with Gasteiger partial charge in [0.2, 0.25) is 0 Å². The van der Waals surface area contributed by atoms with E-state index in [-0.39, 0.29) is 17.0 Å². The molecule has 1 aliphatic carbocycles. The largest absolute Gasteiger partial charge is 0.444 e. The molecule has 146 valence electrons. The van der Waals surface area contributed by atoms with Crippen molar-refractivity contribution in [1.82, 2.24) is 5.32 Å². The number of ether oxygens (including phenoxy) is 1. The van der Waals surface area contributed by atoms with E-state index in [1.54, 1.807) is 19.1 Å². The molecule has 0 heterocycles. The lowest BCUT2D eigenvalue weighted by molar-refractivity contribution is 0.0472. The van der Waals surface area contributed by atoms with Crippen molar-refractivity contribution in [2.24, 2.45) is 0 Å². The summed E-state index contributed by atoms with van der Waals surface area (Å²) in [4.78, 5) is 12.0. The Balaban J connectivity index is 1.89. The maximum absolute atomic E-state index is 12.5.